The summed E-state index contributed by atoms with van der Waals surface area (Å²) < 4.78 is 27.4. The molecule has 1 aliphatic rings. The van der Waals surface area contributed by atoms with Gasteiger partial charge in [-0.15, -0.1) is 0 Å². The van der Waals surface area contributed by atoms with Gasteiger partial charge in [0.15, 0.2) is 0 Å². The number of hydrogen-bond donors (Lipinski definition) is 2. The molecule has 0 saturated carbocycles. The maximum absolute atomic E-state index is 12.5. The number of amides is 1. The number of nitro benzene ring substituents is 1. The van der Waals surface area contributed by atoms with Crippen LogP contribution >= 0.6 is 0 Å². The Bertz CT molecular complexity index is 1070. The Morgan fingerprint density at radius 3 is 2.42 bits per heavy atom. The molecule has 3 rings (SSSR count). The van der Waals surface area contributed by atoms with Gasteiger partial charge in [0.1, 0.15) is 0 Å². The van der Waals surface area contributed by atoms with Crippen molar-refractivity contribution in [2.45, 2.75) is 17.7 Å². The topological polar surface area (TPSA) is 125 Å². The number of carbonyl (C=O) groups excluding carboxylic acids is 1. The smallest absolute Gasteiger partial charge is 0.270 e. The third-order valence-electron chi connectivity index (χ3n) is 5.52. The largest absolute Gasteiger partial charge is 0.352 e. The molecule has 0 atom stereocenters. The van der Waals surface area contributed by atoms with E-state index in [0.717, 1.165) is 51.6 Å². The zero-order valence-corrected chi connectivity index (χ0v) is 19.4. The van der Waals surface area contributed by atoms with E-state index < -0.39 is 14.9 Å². The second kappa shape index (κ2) is 11.2. The van der Waals surface area contributed by atoms with Gasteiger partial charge in [-0.3, -0.25) is 19.6 Å². The second-order valence-electron chi connectivity index (χ2n) is 8.05. The van der Waals surface area contributed by atoms with Gasteiger partial charge in [0.2, 0.25) is 0 Å². The Morgan fingerprint density at radius 1 is 1.06 bits per heavy atom. The summed E-state index contributed by atoms with van der Waals surface area (Å²) in [5.74, 6) is -0.220. The molecule has 33 heavy (non-hydrogen) atoms. The number of piperazine rings is 1. The highest BCUT2D eigenvalue weighted by atomic mass is 32.2. The molecule has 0 aliphatic carbocycles. The van der Waals surface area contributed by atoms with Gasteiger partial charge in [-0.2, -0.15) is 0 Å². The quantitative estimate of drug-likeness (QED) is 0.306. The molecule has 1 fully saturated rings. The molecule has 1 amide bonds. The molecule has 178 valence electrons. The monoisotopic (exact) mass is 475 g/mol. The van der Waals surface area contributed by atoms with Crippen molar-refractivity contribution in [3.8, 4) is 0 Å². The molecular formula is C22H29N5O5S. The van der Waals surface area contributed by atoms with Crippen molar-refractivity contribution in [1.29, 1.82) is 0 Å². The number of nitro groups is 1. The molecule has 2 N–H and O–H groups in total. The molecule has 1 saturated heterocycles. The molecule has 1 aliphatic heterocycles. The molecular weight excluding hydrogens is 446 g/mol. The van der Waals surface area contributed by atoms with E-state index >= 15 is 0 Å². The van der Waals surface area contributed by atoms with Crippen LogP contribution in [0.25, 0.3) is 0 Å². The fraction of sp³-hybridized carbons (Fsp3) is 0.409. The summed E-state index contributed by atoms with van der Waals surface area (Å²) in [6.07, 6.45) is 1.90. The highest BCUT2D eigenvalue weighted by Crippen LogP contribution is 2.20. The van der Waals surface area contributed by atoms with Crippen LogP contribution in [0.2, 0.25) is 0 Å². The second-order valence-corrected chi connectivity index (χ2v) is 9.73. The van der Waals surface area contributed by atoms with Crippen molar-refractivity contribution in [2.75, 3.05) is 51.0 Å². The molecule has 2 aromatic carbocycles. The maximum Gasteiger partial charge on any atom is 0.270 e. The first-order valence-corrected chi connectivity index (χ1v) is 12.3. The maximum atomic E-state index is 12.5. The lowest BCUT2D eigenvalue weighted by Gasteiger charge is -2.32. The number of carbonyl (C=O) groups is 1. The van der Waals surface area contributed by atoms with Crippen LogP contribution < -0.4 is 10.0 Å². The lowest BCUT2D eigenvalue weighted by atomic mass is 10.2. The summed E-state index contributed by atoms with van der Waals surface area (Å²) in [5.41, 5.74) is 0.367. The van der Waals surface area contributed by atoms with Gasteiger partial charge in [0.25, 0.3) is 21.6 Å². The van der Waals surface area contributed by atoms with E-state index in [0.29, 0.717) is 12.1 Å². The van der Waals surface area contributed by atoms with Crippen molar-refractivity contribution in [3.05, 3.63) is 64.2 Å². The predicted octanol–water partition coefficient (Wildman–Crippen LogP) is 2.15. The van der Waals surface area contributed by atoms with E-state index in [2.05, 4.69) is 26.9 Å². The van der Waals surface area contributed by atoms with Crippen LogP contribution in [0.1, 0.15) is 23.2 Å². The van der Waals surface area contributed by atoms with Crippen LogP contribution in [0.5, 0.6) is 0 Å². The van der Waals surface area contributed by atoms with Crippen molar-refractivity contribution in [1.82, 2.24) is 15.1 Å². The number of benzene rings is 2. The summed E-state index contributed by atoms with van der Waals surface area (Å²) in [4.78, 5) is 27.1. The van der Waals surface area contributed by atoms with Gasteiger partial charge >= 0.3 is 0 Å². The molecule has 1 heterocycles. The third-order valence-corrected chi connectivity index (χ3v) is 6.90. The first kappa shape index (κ1) is 24.6. The normalized spacial score (nSPS) is 15.2. The minimum Gasteiger partial charge on any atom is -0.352 e. The minimum atomic E-state index is -4.00. The van der Waals surface area contributed by atoms with Gasteiger partial charge in [0, 0.05) is 56.1 Å². The lowest BCUT2D eigenvalue weighted by Crippen LogP contribution is -2.44. The highest BCUT2D eigenvalue weighted by Gasteiger charge is 2.18. The van der Waals surface area contributed by atoms with Gasteiger partial charge in [-0.05, 0) is 56.8 Å². The number of non-ortho nitro benzene ring substituents is 1. The van der Waals surface area contributed by atoms with E-state index in [1.807, 2.05) is 0 Å². The van der Waals surface area contributed by atoms with Crippen molar-refractivity contribution < 1.29 is 18.1 Å². The summed E-state index contributed by atoms with van der Waals surface area (Å²) in [5, 5.41) is 13.8. The Labute approximate surface area is 193 Å². The van der Waals surface area contributed by atoms with E-state index in [-0.39, 0.29) is 22.2 Å². The van der Waals surface area contributed by atoms with Crippen LogP contribution in [-0.2, 0) is 10.0 Å². The average Bonchev–Trinajstić information content (AvgIpc) is 2.80. The minimum absolute atomic E-state index is 0.213. The Kier molecular flexibility index (Phi) is 8.37. The zero-order chi connectivity index (χ0) is 23.8. The van der Waals surface area contributed by atoms with Crippen LogP contribution in [0.3, 0.4) is 0 Å². The molecule has 0 bridgehead atoms. The molecule has 0 radical (unpaired) electrons. The SMILES string of the molecule is CN1CCN(CCCCNC(=O)c2ccc(NS(=O)(=O)c3cccc([N+](=O)[O-])c3)cc2)CC1. The number of sulfonamides is 1. The molecule has 11 heteroatoms. The summed E-state index contributed by atoms with van der Waals surface area (Å²) in [7, 11) is -1.87. The number of anilines is 1. The number of unbranched alkanes of at least 4 members (excludes halogenated alkanes) is 1. The van der Waals surface area contributed by atoms with E-state index in [1.54, 1.807) is 0 Å². The predicted molar refractivity (Wildman–Crippen MR) is 126 cm³/mol. The molecule has 0 spiro atoms. The number of rotatable bonds is 10. The number of nitrogens with one attached hydrogen (secondary N) is 2. The molecule has 2 aromatic rings. The number of hydrogen-bond acceptors (Lipinski definition) is 7. The first-order chi connectivity index (χ1) is 15.7. The first-order valence-electron chi connectivity index (χ1n) is 10.8. The standard InChI is InChI=1S/C22H29N5O5S/c1-25-13-15-26(16-14-25)12-3-2-11-23-22(28)18-7-9-19(10-8-18)24-33(31,32)21-6-4-5-20(17-21)27(29)30/h4-10,17,24H,2-3,11-16H2,1H3,(H,23,28). The molecule has 0 aromatic heterocycles. The summed E-state index contributed by atoms with van der Waals surface area (Å²) in [6, 6.07) is 10.8. The van der Waals surface area contributed by atoms with Crippen LogP contribution in [0.15, 0.2) is 53.4 Å². The summed E-state index contributed by atoms with van der Waals surface area (Å²) >= 11 is 0. The fourth-order valence-electron chi connectivity index (χ4n) is 3.50. The van der Waals surface area contributed by atoms with Crippen molar-refractivity contribution >= 4 is 27.3 Å². The lowest BCUT2D eigenvalue weighted by molar-refractivity contribution is -0.385. The zero-order valence-electron chi connectivity index (χ0n) is 18.6. The summed E-state index contributed by atoms with van der Waals surface area (Å²) in [6.45, 7) is 5.96. The van der Waals surface area contributed by atoms with E-state index in [9.17, 15) is 23.3 Å². The molecule has 10 nitrogen and oxygen atoms in total. The Balaban J connectivity index is 1.45. The number of nitrogens with zero attached hydrogens (tertiary/aromatic N) is 3. The molecule has 0 unspecified atom stereocenters. The van der Waals surface area contributed by atoms with E-state index in [1.165, 1.54) is 42.5 Å². The highest BCUT2D eigenvalue weighted by molar-refractivity contribution is 7.92. The van der Waals surface area contributed by atoms with Crippen LogP contribution in [-0.4, -0.2) is 75.4 Å². The fourth-order valence-corrected chi connectivity index (χ4v) is 4.60. The average molecular weight is 476 g/mol. The van der Waals surface area contributed by atoms with Crippen molar-refractivity contribution in [2.24, 2.45) is 0 Å². The third kappa shape index (κ3) is 7.24. The number of likely N-dealkylation sites (N-methyl/N-ethyl adjacent to an activating group) is 1. The van der Waals surface area contributed by atoms with E-state index in [4.69, 9.17) is 0 Å². The van der Waals surface area contributed by atoms with Crippen LogP contribution in [0.4, 0.5) is 11.4 Å². The van der Waals surface area contributed by atoms with Gasteiger partial charge in [-0.1, -0.05) is 6.07 Å². The van der Waals surface area contributed by atoms with Crippen LogP contribution in [0, 0.1) is 10.1 Å². The Morgan fingerprint density at radius 2 is 1.76 bits per heavy atom. The Hall–Kier alpha value is -3.02. The van der Waals surface area contributed by atoms with Gasteiger partial charge in [0.05, 0.1) is 9.82 Å². The van der Waals surface area contributed by atoms with Crippen molar-refractivity contribution in [3.63, 3.8) is 0 Å². The van der Waals surface area contributed by atoms with Gasteiger partial charge in [-0.25, -0.2) is 8.42 Å². The van der Waals surface area contributed by atoms with Gasteiger partial charge < -0.3 is 15.1 Å².